The Morgan fingerprint density at radius 1 is 1.50 bits per heavy atom. The number of hydrogen-bond acceptors (Lipinski definition) is 3. The van der Waals surface area contributed by atoms with E-state index in [0.717, 1.165) is 19.6 Å². The van der Waals surface area contributed by atoms with Gasteiger partial charge < -0.3 is 10.2 Å². The number of rotatable bonds is 0. The molecule has 2 heterocycles. The van der Waals surface area contributed by atoms with Gasteiger partial charge in [-0.15, -0.1) is 0 Å². The van der Waals surface area contributed by atoms with Crippen LogP contribution in [-0.4, -0.2) is 34.8 Å². The summed E-state index contributed by atoms with van der Waals surface area (Å²) in [7, 11) is 4.10. The van der Waals surface area contributed by atoms with Crippen molar-refractivity contribution >= 4 is 5.82 Å². The molecule has 0 radical (unpaired) electrons. The largest absolute Gasteiger partial charge is 0.369 e. The summed E-state index contributed by atoms with van der Waals surface area (Å²) >= 11 is 0. The second-order valence-electron chi connectivity index (χ2n) is 3.31. The maximum Gasteiger partial charge on any atom is 0.128 e. The van der Waals surface area contributed by atoms with Crippen LogP contribution in [0.3, 0.4) is 0 Å². The molecule has 0 amide bonds. The van der Waals surface area contributed by atoms with Crippen LogP contribution >= 0.6 is 0 Å². The Labute approximate surface area is 72.2 Å². The van der Waals surface area contributed by atoms with Crippen molar-refractivity contribution in [2.75, 3.05) is 25.5 Å². The molecule has 1 N–H and O–H groups in total. The smallest absolute Gasteiger partial charge is 0.128 e. The number of nitrogens with one attached hydrogen (secondary N) is 1. The van der Waals surface area contributed by atoms with Gasteiger partial charge in [0, 0.05) is 32.2 Å². The molecule has 1 aromatic heterocycles. The van der Waals surface area contributed by atoms with E-state index in [2.05, 4.69) is 22.4 Å². The molecule has 0 atom stereocenters. The van der Waals surface area contributed by atoms with Gasteiger partial charge in [0.15, 0.2) is 0 Å². The standard InChI is InChI=1S/C8H14N4/c1-11-4-3-9-8-7(6-11)5-10-12(8)2/h5,9H,3-4,6H2,1-2H3. The Morgan fingerprint density at radius 3 is 3.17 bits per heavy atom. The molecule has 0 fully saturated rings. The van der Waals surface area contributed by atoms with Crippen molar-refractivity contribution in [2.45, 2.75) is 6.54 Å². The first-order chi connectivity index (χ1) is 5.77. The molecule has 0 saturated carbocycles. The van der Waals surface area contributed by atoms with Gasteiger partial charge >= 0.3 is 0 Å². The van der Waals surface area contributed by atoms with Crippen molar-refractivity contribution in [1.82, 2.24) is 14.7 Å². The van der Waals surface area contributed by atoms with Gasteiger partial charge in [-0.2, -0.15) is 5.10 Å². The lowest BCUT2D eigenvalue weighted by Gasteiger charge is -2.10. The van der Waals surface area contributed by atoms with Gasteiger partial charge in [0.2, 0.25) is 0 Å². The zero-order chi connectivity index (χ0) is 8.55. The van der Waals surface area contributed by atoms with E-state index in [1.807, 2.05) is 17.9 Å². The lowest BCUT2D eigenvalue weighted by atomic mass is 10.3. The minimum atomic E-state index is 0.996. The zero-order valence-electron chi connectivity index (χ0n) is 7.54. The predicted octanol–water partition coefficient (Wildman–Crippen LogP) is 0.277. The molecule has 66 valence electrons. The van der Waals surface area contributed by atoms with E-state index in [1.54, 1.807) is 0 Å². The van der Waals surface area contributed by atoms with E-state index in [9.17, 15) is 0 Å². The van der Waals surface area contributed by atoms with Crippen LogP contribution in [-0.2, 0) is 13.6 Å². The topological polar surface area (TPSA) is 33.1 Å². The van der Waals surface area contributed by atoms with Gasteiger partial charge in [-0.25, -0.2) is 0 Å². The van der Waals surface area contributed by atoms with Crippen molar-refractivity contribution in [3.63, 3.8) is 0 Å². The van der Waals surface area contributed by atoms with E-state index < -0.39 is 0 Å². The molecule has 2 rings (SSSR count). The maximum absolute atomic E-state index is 4.20. The van der Waals surface area contributed by atoms with Crippen LogP contribution in [0.25, 0.3) is 0 Å². The highest BCUT2D eigenvalue weighted by Crippen LogP contribution is 2.17. The molecule has 4 nitrogen and oxygen atoms in total. The Bertz CT molecular complexity index is 279. The third-order valence-electron chi connectivity index (χ3n) is 2.24. The number of hydrogen-bond donors (Lipinski definition) is 1. The number of fused-ring (bicyclic) bond motifs is 1. The van der Waals surface area contributed by atoms with Crippen LogP contribution in [0.4, 0.5) is 5.82 Å². The highest BCUT2D eigenvalue weighted by Gasteiger charge is 2.13. The highest BCUT2D eigenvalue weighted by molar-refractivity contribution is 5.44. The third kappa shape index (κ3) is 1.18. The summed E-state index contributed by atoms with van der Waals surface area (Å²) < 4.78 is 1.90. The summed E-state index contributed by atoms with van der Waals surface area (Å²) in [5, 5.41) is 7.56. The first-order valence-corrected chi connectivity index (χ1v) is 4.20. The minimum Gasteiger partial charge on any atom is -0.369 e. The van der Waals surface area contributed by atoms with Crippen molar-refractivity contribution in [2.24, 2.45) is 7.05 Å². The normalized spacial score (nSPS) is 18.2. The molecule has 0 spiro atoms. The summed E-state index contributed by atoms with van der Waals surface area (Å²) in [6.07, 6.45) is 1.93. The number of aromatic nitrogens is 2. The van der Waals surface area contributed by atoms with Crippen molar-refractivity contribution in [1.29, 1.82) is 0 Å². The van der Waals surface area contributed by atoms with Gasteiger partial charge in [0.05, 0.1) is 6.20 Å². The van der Waals surface area contributed by atoms with Gasteiger partial charge in [-0.05, 0) is 7.05 Å². The molecular formula is C8H14N4. The fourth-order valence-electron chi connectivity index (χ4n) is 1.56. The van der Waals surface area contributed by atoms with Crippen LogP contribution in [0.5, 0.6) is 0 Å². The van der Waals surface area contributed by atoms with Crippen LogP contribution in [0.1, 0.15) is 5.56 Å². The predicted molar refractivity (Wildman–Crippen MR) is 48.0 cm³/mol. The molecule has 1 aliphatic rings. The molecule has 4 heteroatoms. The molecule has 12 heavy (non-hydrogen) atoms. The average Bonchev–Trinajstić information content (AvgIpc) is 2.31. The van der Waals surface area contributed by atoms with E-state index in [0.29, 0.717) is 0 Å². The SMILES string of the molecule is CN1CCNc2c(cnn2C)C1. The summed E-state index contributed by atoms with van der Waals surface area (Å²) in [5.41, 5.74) is 1.29. The maximum atomic E-state index is 4.20. The summed E-state index contributed by atoms with van der Waals surface area (Å²) in [6.45, 7) is 3.09. The molecule has 0 bridgehead atoms. The fraction of sp³-hybridized carbons (Fsp3) is 0.625. The minimum absolute atomic E-state index is 0.996. The molecule has 1 aliphatic heterocycles. The fourth-order valence-corrected chi connectivity index (χ4v) is 1.56. The van der Waals surface area contributed by atoms with E-state index in [4.69, 9.17) is 0 Å². The lowest BCUT2D eigenvalue weighted by Crippen LogP contribution is -2.21. The Morgan fingerprint density at radius 2 is 2.33 bits per heavy atom. The summed E-state index contributed by atoms with van der Waals surface area (Å²) in [4.78, 5) is 2.29. The van der Waals surface area contributed by atoms with Gasteiger partial charge in [0.1, 0.15) is 5.82 Å². The molecule has 0 aliphatic carbocycles. The Hall–Kier alpha value is -1.03. The van der Waals surface area contributed by atoms with Crippen molar-refractivity contribution in [3.8, 4) is 0 Å². The lowest BCUT2D eigenvalue weighted by molar-refractivity contribution is 0.346. The summed E-state index contributed by atoms with van der Waals surface area (Å²) in [6, 6.07) is 0. The number of likely N-dealkylation sites (N-methyl/N-ethyl adjacent to an activating group) is 1. The first kappa shape index (κ1) is 7.61. The second-order valence-corrected chi connectivity index (χ2v) is 3.31. The van der Waals surface area contributed by atoms with Crippen LogP contribution in [0.15, 0.2) is 6.20 Å². The Kier molecular flexibility index (Phi) is 1.77. The van der Waals surface area contributed by atoms with Crippen LogP contribution < -0.4 is 5.32 Å². The Balaban J connectivity index is 2.32. The number of nitrogens with zero attached hydrogens (tertiary/aromatic N) is 3. The van der Waals surface area contributed by atoms with E-state index in [-0.39, 0.29) is 0 Å². The second kappa shape index (κ2) is 2.79. The molecule has 0 unspecified atom stereocenters. The molecular weight excluding hydrogens is 152 g/mol. The monoisotopic (exact) mass is 166 g/mol. The van der Waals surface area contributed by atoms with E-state index >= 15 is 0 Å². The van der Waals surface area contributed by atoms with Crippen molar-refractivity contribution in [3.05, 3.63) is 11.8 Å². The molecule has 1 aromatic rings. The summed E-state index contributed by atoms with van der Waals surface area (Å²) in [5.74, 6) is 1.17. The van der Waals surface area contributed by atoms with Crippen molar-refractivity contribution < 1.29 is 0 Å². The molecule has 0 saturated heterocycles. The van der Waals surface area contributed by atoms with Crippen LogP contribution in [0.2, 0.25) is 0 Å². The average molecular weight is 166 g/mol. The highest BCUT2D eigenvalue weighted by atomic mass is 15.3. The van der Waals surface area contributed by atoms with Gasteiger partial charge in [0.25, 0.3) is 0 Å². The van der Waals surface area contributed by atoms with Crippen LogP contribution in [0, 0.1) is 0 Å². The van der Waals surface area contributed by atoms with Gasteiger partial charge in [-0.1, -0.05) is 0 Å². The van der Waals surface area contributed by atoms with Gasteiger partial charge in [-0.3, -0.25) is 4.68 Å². The number of anilines is 1. The quantitative estimate of drug-likeness (QED) is 0.601. The number of aryl methyl sites for hydroxylation is 1. The zero-order valence-corrected chi connectivity index (χ0v) is 7.54. The first-order valence-electron chi connectivity index (χ1n) is 4.20. The molecule has 0 aromatic carbocycles. The third-order valence-corrected chi connectivity index (χ3v) is 2.24. The van der Waals surface area contributed by atoms with E-state index in [1.165, 1.54) is 11.4 Å².